The van der Waals surface area contributed by atoms with Crippen LogP contribution in [0.25, 0.3) is 11.5 Å². The summed E-state index contributed by atoms with van der Waals surface area (Å²) >= 11 is 0. The van der Waals surface area contributed by atoms with Crippen LogP contribution in [0.2, 0.25) is 0 Å². The number of halogens is 1. The summed E-state index contributed by atoms with van der Waals surface area (Å²) in [4.78, 5) is 13.0. The summed E-state index contributed by atoms with van der Waals surface area (Å²) in [6, 6.07) is 4.85. The van der Waals surface area contributed by atoms with Crippen LogP contribution in [-0.2, 0) is 13.0 Å². The van der Waals surface area contributed by atoms with Gasteiger partial charge in [0, 0.05) is 24.2 Å². The summed E-state index contributed by atoms with van der Waals surface area (Å²) in [5.41, 5.74) is 2.36. The Kier molecular flexibility index (Phi) is 5.09. The summed E-state index contributed by atoms with van der Waals surface area (Å²) in [5, 5.41) is 4.04. The van der Waals surface area contributed by atoms with Crippen molar-refractivity contribution in [2.75, 3.05) is 0 Å². The molecule has 0 radical (unpaired) electrons. The van der Waals surface area contributed by atoms with E-state index in [1.54, 1.807) is 6.07 Å². The summed E-state index contributed by atoms with van der Waals surface area (Å²) in [6.07, 6.45) is 8.14. The molecule has 3 aromatic rings. The quantitative estimate of drug-likeness (QED) is 0.584. The van der Waals surface area contributed by atoms with Crippen LogP contribution in [0.15, 0.2) is 35.1 Å². The minimum Gasteiger partial charge on any atom is -0.487 e. The SMILES string of the molecule is CCCCc1nc(-c2cc(OCc3ccc(F)cn3)c(C3CC3)cn2)no1. The molecule has 0 aliphatic heterocycles. The molecule has 0 N–H and O–H groups in total. The van der Waals surface area contributed by atoms with E-state index in [-0.39, 0.29) is 12.4 Å². The summed E-state index contributed by atoms with van der Waals surface area (Å²) in [7, 11) is 0. The second-order valence-electron chi connectivity index (χ2n) is 6.75. The Morgan fingerprint density at radius 2 is 2.11 bits per heavy atom. The van der Waals surface area contributed by atoms with Crippen molar-refractivity contribution in [2.24, 2.45) is 0 Å². The van der Waals surface area contributed by atoms with E-state index in [0.29, 0.717) is 29.0 Å². The summed E-state index contributed by atoms with van der Waals surface area (Å²) < 4.78 is 24.3. The van der Waals surface area contributed by atoms with Gasteiger partial charge in [-0.1, -0.05) is 18.5 Å². The fraction of sp³-hybridized carbons (Fsp3) is 0.400. The second-order valence-corrected chi connectivity index (χ2v) is 6.75. The molecule has 0 unspecified atom stereocenters. The van der Waals surface area contributed by atoms with Gasteiger partial charge in [-0.05, 0) is 37.3 Å². The molecular weight excluding hydrogens is 347 g/mol. The Labute approximate surface area is 156 Å². The van der Waals surface area contributed by atoms with Crippen molar-refractivity contribution in [3.63, 3.8) is 0 Å². The molecular formula is C20H21FN4O2. The van der Waals surface area contributed by atoms with Gasteiger partial charge in [-0.25, -0.2) is 4.39 Å². The third kappa shape index (κ3) is 4.30. The first-order valence-corrected chi connectivity index (χ1v) is 9.29. The van der Waals surface area contributed by atoms with E-state index >= 15 is 0 Å². The third-order valence-electron chi connectivity index (χ3n) is 4.52. The molecule has 1 aliphatic rings. The second kappa shape index (κ2) is 7.82. The maximum atomic E-state index is 13.0. The number of pyridine rings is 2. The number of aromatic nitrogens is 4. The van der Waals surface area contributed by atoms with E-state index in [1.165, 1.54) is 12.3 Å². The van der Waals surface area contributed by atoms with Crippen LogP contribution in [0.5, 0.6) is 5.75 Å². The zero-order valence-corrected chi connectivity index (χ0v) is 15.2. The predicted molar refractivity (Wildman–Crippen MR) is 96.6 cm³/mol. The lowest BCUT2D eigenvalue weighted by Gasteiger charge is -2.11. The molecule has 0 atom stereocenters. The zero-order valence-electron chi connectivity index (χ0n) is 15.2. The lowest BCUT2D eigenvalue weighted by atomic mass is 10.1. The van der Waals surface area contributed by atoms with Gasteiger partial charge in [-0.2, -0.15) is 4.98 Å². The Balaban J connectivity index is 1.54. The highest BCUT2D eigenvalue weighted by molar-refractivity contribution is 5.54. The van der Waals surface area contributed by atoms with Crippen LogP contribution in [0, 0.1) is 5.82 Å². The van der Waals surface area contributed by atoms with Crippen LogP contribution in [0.4, 0.5) is 4.39 Å². The van der Waals surface area contributed by atoms with E-state index in [2.05, 4.69) is 27.0 Å². The first-order chi connectivity index (χ1) is 13.2. The Morgan fingerprint density at radius 1 is 1.22 bits per heavy atom. The lowest BCUT2D eigenvalue weighted by molar-refractivity contribution is 0.297. The zero-order chi connectivity index (χ0) is 18.6. The molecule has 3 aromatic heterocycles. The molecule has 27 heavy (non-hydrogen) atoms. The maximum absolute atomic E-state index is 13.0. The molecule has 0 aromatic carbocycles. The van der Waals surface area contributed by atoms with E-state index in [9.17, 15) is 4.39 Å². The molecule has 7 heteroatoms. The van der Waals surface area contributed by atoms with Gasteiger partial charge in [0.2, 0.25) is 11.7 Å². The standard InChI is InChI=1S/C20H21FN4O2/c1-2-3-4-19-24-20(25-27-19)17-9-18(16(11-23-17)13-5-6-13)26-12-15-8-7-14(21)10-22-15/h7-11,13H,2-6,12H2,1H3. The fourth-order valence-electron chi connectivity index (χ4n) is 2.83. The molecule has 1 saturated carbocycles. The van der Waals surface area contributed by atoms with Crippen LogP contribution < -0.4 is 4.74 Å². The molecule has 4 rings (SSSR count). The minimum absolute atomic E-state index is 0.261. The van der Waals surface area contributed by atoms with Gasteiger partial charge < -0.3 is 9.26 Å². The molecule has 0 saturated heterocycles. The smallest absolute Gasteiger partial charge is 0.227 e. The van der Waals surface area contributed by atoms with E-state index in [0.717, 1.165) is 43.4 Å². The number of aryl methyl sites for hydroxylation is 1. The van der Waals surface area contributed by atoms with Crippen molar-refractivity contribution in [1.82, 2.24) is 20.1 Å². The summed E-state index contributed by atoms with van der Waals surface area (Å²) in [5.74, 6) is 1.95. The van der Waals surface area contributed by atoms with Crippen molar-refractivity contribution in [2.45, 2.75) is 51.6 Å². The molecule has 6 nitrogen and oxygen atoms in total. The number of nitrogens with zero attached hydrogens (tertiary/aromatic N) is 4. The number of rotatable bonds is 8. The molecule has 0 bridgehead atoms. The van der Waals surface area contributed by atoms with Crippen molar-refractivity contribution >= 4 is 0 Å². The molecule has 140 valence electrons. The number of ether oxygens (including phenoxy) is 1. The normalized spacial score (nSPS) is 13.7. The van der Waals surface area contributed by atoms with E-state index < -0.39 is 0 Å². The molecule has 1 aliphatic carbocycles. The number of unbranched alkanes of at least 4 members (excludes halogenated alkanes) is 1. The van der Waals surface area contributed by atoms with E-state index in [4.69, 9.17) is 9.26 Å². The van der Waals surface area contributed by atoms with Crippen molar-refractivity contribution < 1.29 is 13.7 Å². The highest BCUT2D eigenvalue weighted by Crippen LogP contribution is 2.44. The first kappa shape index (κ1) is 17.6. The van der Waals surface area contributed by atoms with Gasteiger partial charge in [0.1, 0.15) is 23.9 Å². The first-order valence-electron chi connectivity index (χ1n) is 9.29. The lowest BCUT2D eigenvalue weighted by Crippen LogP contribution is -2.02. The van der Waals surface area contributed by atoms with Crippen LogP contribution in [-0.4, -0.2) is 20.1 Å². The van der Waals surface area contributed by atoms with Crippen molar-refractivity contribution in [1.29, 1.82) is 0 Å². The van der Waals surface area contributed by atoms with Crippen molar-refractivity contribution in [3.05, 3.63) is 53.6 Å². The molecule has 0 amide bonds. The highest BCUT2D eigenvalue weighted by Gasteiger charge is 2.28. The Morgan fingerprint density at radius 3 is 2.85 bits per heavy atom. The maximum Gasteiger partial charge on any atom is 0.227 e. The molecule has 3 heterocycles. The largest absolute Gasteiger partial charge is 0.487 e. The Bertz CT molecular complexity index is 907. The third-order valence-corrected chi connectivity index (χ3v) is 4.52. The van der Waals surface area contributed by atoms with Crippen molar-refractivity contribution in [3.8, 4) is 17.3 Å². The predicted octanol–water partition coefficient (Wildman–Crippen LogP) is 4.46. The molecule has 1 fully saturated rings. The van der Waals surface area contributed by atoms with E-state index in [1.807, 2.05) is 12.3 Å². The highest BCUT2D eigenvalue weighted by atomic mass is 19.1. The van der Waals surface area contributed by atoms with Crippen LogP contribution in [0.3, 0.4) is 0 Å². The van der Waals surface area contributed by atoms with Crippen LogP contribution >= 0.6 is 0 Å². The number of hydrogen-bond donors (Lipinski definition) is 0. The topological polar surface area (TPSA) is 73.9 Å². The fourth-order valence-corrected chi connectivity index (χ4v) is 2.83. The average molecular weight is 368 g/mol. The number of hydrogen-bond acceptors (Lipinski definition) is 6. The summed E-state index contributed by atoms with van der Waals surface area (Å²) in [6.45, 7) is 2.38. The minimum atomic E-state index is -0.361. The van der Waals surface area contributed by atoms with Gasteiger partial charge in [-0.3, -0.25) is 9.97 Å². The monoisotopic (exact) mass is 368 g/mol. The van der Waals surface area contributed by atoms with Gasteiger partial charge in [-0.15, -0.1) is 0 Å². The Hall–Kier alpha value is -2.83. The van der Waals surface area contributed by atoms with Gasteiger partial charge in [0.05, 0.1) is 11.9 Å². The van der Waals surface area contributed by atoms with Crippen LogP contribution in [0.1, 0.15) is 55.7 Å². The van der Waals surface area contributed by atoms with Gasteiger partial charge in [0.15, 0.2) is 0 Å². The van der Waals surface area contributed by atoms with Gasteiger partial charge in [0.25, 0.3) is 0 Å². The average Bonchev–Trinajstić information content (AvgIpc) is 3.43. The molecule has 0 spiro atoms. The van der Waals surface area contributed by atoms with Gasteiger partial charge >= 0.3 is 0 Å².